The zero-order valence-electron chi connectivity index (χ0n) is 16.5. The lowest BCUT2D eigenvalue weighted by molar-refractivity contribution is 0.0303. The highest BCUT2D eigenvalue weighted by Crippen LogP contribution is 2.22. The van der Waals surface area contributed by atoms with Gasteiger partial charge in [-0.1, -0.05) is 36.4 Å². The number of nitrogens with zero attached hydrogens (tertiary/aromatic N) is 1. The number of morpholine rings is 1. The van der Waals surface area contributed by atoms with Crippen LogP contribution in [0.3, 0.4) is 0 Å². The average Bonchev–Trinajstić information content (AvgIpc) is 2.80. The van der Waals surface area contributed by atoms with Crippen molar-refractivity contribution in [3.05, 3.63) is 90.0 Å². The van der Waals surface area contributed by atoms with Crippen LogP contribution < -0.4 is 10.6 Å². The van der Waals surface area contributed by atoms with Gasteiger partial charge in [0, 0.05) is 30.0 Å². The highest BCUT2D eigenvalue weighted by Gasteiger charge is 2.19. The number of anilines is 3. The molecule has 6 nitrogen and oxygen atoms in total. The lowest BCUT2D eigenvalue weighted by Gasteiger charge is -2.27. The van der Waals surface area contributed by atoms with Crippen molar-refractivity contribution in [1.82, 2.24) is 4.90 Å². The maximum Gasteiger partial charge on any atom is 0.257 e. The van der Waals surface area contributed by atoms with Crippen LogP contribution in [0.25, 0.3) is 0 Å². The molecule has 1 fully saturated rings. The number of nitrogens with one attached hydrogen (secondary N) is 2. The van der Waals surface area contributed by atoms with Gasteiger partial charge in [-0.15, -0.1) is 0 Å². The van der Waals surface area contributed by atoms with Crippen LogP contribution in [0.4, 0.5) is 17.1 Å². The van der Waals surface area contributed by atoms with Gasteiger partial charge in [0.15, 0.2) is 0 Å². The van der Waals surface area contributed by atoms with Gasteiger partial charge < -0.3 is 20.3 Å². The van der Waals surface area contributed by atoms with E-state index in [0.29, 0.717) is 48.8 Å². The Labute approximate surface area is 175 Å². The maximum atomic E-state index is 12.9. The summed E-state index contributed by atoms with van der Waals surface area (Å²) in [5.74, 6) is -0.300. The number of ether oxygens (including phenoxy) is 1. The number of para-hydroxylation sites is 2. The Balaban J connectivity index is 1.50. The maximum absolute atomic E-state index is 12.9. The van der Waals surface area contributed by atoms with Crippen LogP contribution in [0.1, 0.15) is 20.7 Å². The van der Waals surface area contributed by atoms with E-state index in [4.69, 9.17) is 4.74 Å². The summed E-state index contributed by atoms with van der Waals surface area (Å²) in [7, 11) is 0. The van der Waals surface area contributed by atoms with Crippen LogP contribution in [0.5, 0.6) is 0 Å². The first-order valence-corrected chi connectivity index (χ1v) is 9.90. The molecule has 0 atom stereocenters. The van der Waals surface area contributed by atoms with Gasteiger partial charge in [0.05, 0.1) is 24.5 Å². The van der Waals surface area contributed by atoms with Gasteiger partial charge in [-0.05, 0) is 42.5 Å². The Hall–Kier alpha value is -3.64. The topological polar surface area (TPSA) is 70.7 Å². The van der Waals surface area contributed by atoms with Crippen molar-refractivity contribution in [2.24, 2.45) is 0 Å². The third kappa shape index (κ3) is 4.67. The lowest BCUT2D eigenvalue weighted by Crippen LogP contribution is -2.40. The van der Waals surface area contributed by atoms with E-state index in [2.05, 4.69) is 10.6 Å². The molecule has 0 bridgehead atoms. The van der Waals surface area contributed by atoms with Gasteiger partial charge in [-0.25, -0.2) is 0 Å². The second-order valence-corrected chi connectivity index (χ2v) is 6.98. The van der Waals surface area contributed by atoms with E-state index in [-0.39, 0.29) is 11.8 Å². The van der Waals surface area contributed by atoms with E-state index < -0.39 is 0 Å². The number of rotatable bonds is 5. The molecule has 1 saturated heterocycles. The first-order valence-electron chi connectivity index (χ1n) is 9.90. The monoisotopic (exact) mass is 401 g/mol. The minimum atomic E-state index is -0.245. The second-order valence-electron chi connectivity index (χ2n) is 6.98. The summed E-state index contributed by atoms with van der Waals surface area (Å²) in [4.78, 5) is 27.4. The van der Waals surface area contributed by atoms with Crippen molar-refractivity contribution in [3.8, 4) is 0 Å². The number of benzene rings is 3. The first-order chi connectivity index (χ1) is 14.7. The molecule has 2 amide bonds. The zero-order valence-corrected chi connectivity index (χ0v) is 16.5. The van der Waals surface area contributed by atoms with Crippen LogP contribution in [0.2, 0.25) is 0 Å². The number of hydrogen-bond donors (Lipinski definition) is 2. The van der Waals surface area contributed by atoms with E-state index >= 15 is 0 Å². The standard InChI is InChI=1S/C24H23N3O3/c28-23(21-11-4-5-12-22(21)25-19-8-2-1-3-9-19)26-20-10-6-7-18(17-20)24(29)27-13-15-30-16-14-27/h1-12,17,25H,13-16H2,(H,26,28). The molecule has 2 N–H and O–H groups in total. The largest absolute Gasteiger partial charge is 0.378 e. The first kappa shape index (κ1) is 19.7. The van der Waals surface area contributed by atoms with Crippen LogP contribution in [-0.4, -0.2) is 43.0 Å². The number of hydrogen-bond acceptors (Lipinski definition) is 4. The quantitative estimate of drug-likeness (QED) is 0.674. The molecule has 30 heavy (non-hydrogen) atoms. The van der Waals surface area contributed by atoms with Crippen LogP contribution >= 0.6 is 0 Å². The Morgan fingerprint density at radius 3 is 2.30 bits per heavy atom. The summed E-state index contributed by atoms with van der Waals surface area (Å²) in [6, 6.07) is 24.0. The smallest absolute Gasteiger partial charge is 0.257 e. The number of amides is 2. The Kier molecular flexibility index (Phi) is 6.06. The predicted molar refractivity (Wildman–Crippen MR) is 117 cm³/mol. The molecule has 3 aromatic carbocycles. The van der Waals surface area contributed by atoms with E-state index in [1.54, 1.807) is 35.2 Å². The van der Waals surface area contributed by atoms with Crippen LogP contribution in [-0.2, 0) is 4.74 Å². The summed E-state index contributed by atoms with van der Waals surface area (Å²) in [5, 5.41) is 6.19. The van der Waals surface area contributed by atoms with E-state index in [9.17, 15) is 9.59 Å². The van der Waals surface area contributed by atoms with Crippen molar-refractivity contribution >= 4 is 28.9 Å². The summed E-state index contributed by atoms with van der Waals surface area (Å²) >= 11 is 0. The van der Waals surface area contributed by atoms with Gasteiger partial charge in [-0.2, -0.15) is 0 Å². The van der Waals surface area contributed by atoms with Crippen molar-refractivity contribution in [1.29, 1.82) is 0 Å². The van der Waals surface area contributed by atoms with Crippen LogP contribution in [0, 0.1) is 0 Å². The van der Waals surface area contributed by atoms with Crippen LogP contribution in [0.15, 0.2) is 78.9 Å². The van der Waals surface area contributed by atoms with Gasteiger partial charge in [-0.3, -0.25) is 9.59 Å². The van der Waals surface area contributed by atoms with Gasteiger partial charge in [0.1, 0.15) is 0 Å². The fourth-order valence-corrected chi connectivity index (χ4v) is 3.34. The summed E-state index contributed by atoms with van der Waals surface area (Å²) < 4.78 is 5.31. The molecule has 0 saturated carbocycles. The molecule has 6 heteroatoms. The third-order valence-corrected chi connectivity index (χ3v) is 4.89. The molecule has 0 radical (unpaired) electrons. The van der Waals surface area contributed by atoms with E-state index in [0.717, 1.165) is 5.69 Å². The molecule has 0 unspecified atom stereocenters. The lowest BCUT2D eigenvalue weighted by atomic mass is 10.1. The molecule has 0 aromatic heterocycles. The number of carbonyl (C=O) groups excluding carboxylic acids is 2. The van der Waals surface area contributed by atoms with Gasteiger partial charge in [0.25, 0.3) is 11.8 Å². The minimum Gasteiger partial charge on any atom is -0.378 e. The van der Waals surface area contributed by atoms with Gasteiger partial charge in [0.2, 0.25) is 0 Å². The summed E-state index contributed by atoms with van der Waals surface area (Å²) in [5.41, 5.74) is 3.25. The average molecular weight is 401 g/mol. The second kappa shape index (κ2) is 9.24. The minimum absolute atomic E-state index is 0.0551. The molecule has 0 spiro atoms. The van der Waals surface area contributed by atoms with E-state index in [1.165, 1.54) is 0 Å². The fourth-order valence-electron chi connectivity index (χ4n) is 3.34. The SMILES string of the molecule is O=C(Nc1cccc(C(=O)N2CCOCC2)c1)c1ccccc1Nc1ccccc1. The molecule has 152 valence electrons. The molecule has 3 aromatic rings. The molecule has 4 rings (SSSR count). The normalized spacial score (nSPS) is 13.5. The highest BCUT2D eigenvalue weighted by atomic mass is 16.5. The molecule has 0 aliphatic carbocycles. The Morgan fingerprint density at radius 1 is 0.800 bits per heavy atom. The third-order valence-electron chi connectivity index (χ3n) is 4.89. The highest BCUT2D eigenvalue weighted by molar-refractivity contribution is 6.09. The fraction of sp³-hybridized carbons (Fsp3) is 0.167. The Morgan fingerprint density at radius 2 is 1.50 bits per heavy atom. The van der Waals surface area contributed by atoms with Crippen molar-refractivity contribution < 1.29 is 14.3 Å². The van der Waals surface area contributed by atoms with Gasteiger partial charge >= 0.3 is 0 Å². The van der Waals surface area contributed by atoms with Crippen molar-refractivity contribution in [2.45, 2.75) is 0 Å². The van der Waals surface area contributed by atoms with Crippen molar-refractivity contribution in [2.75, 3.05) is 36.9 Å². The summed E-state index contributed by atoms with van der Waals surface area (Å²) in [6.07, 6.45) is 0. The molecular weight excluding hydrogens is 378 g/mol. The molecule has 1 heterocycles. The van der Waals surface area contributed by atoms with E-state index in [1.807, 2.05) is 48.5 Å². The number of carbonyl (C=O) groups is 2. The molecule has 1 aliphatic rings. The zero-order chi connectivity index (χ0) is 20.8. The Bertz CT molecular complexity index is 1030. The van der Waals surface area contributed by atoms with Crippen molar-refractivity contribution in [3.63, 3.8) is 0 Å². The predicted octanol–water partition coefficient (Wildman–Crippen LogP) is 4.15. The summed E-state index contributed by atoms with van der Waals surface area (Å²) in [6.45, 7) is 2.25. The molecular formula is C24H23N3O3. The molecule has 1 aliphatic heterocycles.